The van der Waals surface area contributed by atoms with E-state index in [9.17, 15) is 18.4 Å². The number of nitrogens with one attached hydrogen (secondary N) is 1. The Morgan fingerprint density at radius 2 is 1.79 bits per heavy atom. The molecule has 2 aromatic rings. The average Bonchev–Trinajstić information content (AvgIpc) is 2.29. The van der Waals surface area contributed by atoms with Crippen molar-refractivity contribution in [3.05, 3.63) is 59.8 Å². The number of hydrogen-bond acceptors (Lipinski definition) is 2. The van der Waals surface area contributed by atoms with Gasteiger partial charge in [-0.25, -0.2) is 18.1 Å². The molecule has 1 heterocycles. The molecule has 0 radical (unpaired) electrons. The van der Waals surface area contributed by atoms with Crippen LogP contribution in [0.5, 0.6) is 0 Å². The van der Waals surface area contributed by atoms with Gasteiger partial charge in [0.05, 0.1) is 5.56 Å². The van der Waals surface area contributed by atoms with E-state index < -0.39 is 28.6 Å². The fraction of sp³-hybridized carbons (Fsp3) is 0.0909. The summed E-state index contributed by atoms with van der Waals surface area (Å²) in [5.74, 6) is -2.08. The van der Waals surface area contributed by atoms with E-state index in [2.05, 4.69) is 20.9 Å². The van der Waals surface area contributed by atoms with Crippen LogP contribution in [-0.4, -0.2) is 9.55 Å². The Labute approximate surface area is 118 Å². The number of aromatic nitrogens is 2. The van der Waals surface area contributed by atoms with E-state index in [0.29, 0.717) is 4.57 Å². The van der Waals surface area contributed by atoms with Crippen LogP contribution in [0.1, 0.15) is 5.56 Å². The molecular formula is C11H6BrClF2N2O2. The van der Waals surface area contributed by atoms with Crippen molar-refractivity contribution in [1.29, 1.82) is 0 Å². The number of halogens is 4. The Kier molecular flexibility index (Phi) is 3.60. The molecule has 0 saturated carbocycles. The Balaban J connectivity index is 2.93. The summed E-state index contributed by atoms with van der Waals surface area (Å²) in [5, 5.41) is -0.163. The first-order valence-electron chi connectivity index (χ1n) is 4.99. The lowest BCUT2D eigenvalue weighted by molar-refractivity contribution is 0.560. The molecule has 1 N–H and O–H groups in total. The molecule has 1 aromatic carbocycles. The highest BCUT2D eigenvalue weighted by Gasteiger charge is 2.18. The molecule has 1 aromatic heterocycles. The minimum atomic E-state index is -1.04. The molecule has 0 aliphatic heterocycles. The Morgan fingerprint density at radius 3 is 2.32 bits per heavy atom. The number of aromatic amines is 1. The van der Waals surface area contributed by atoms with Crippen LogP contribution in [0.3, 0.4) is 0 Å². The van der Waals surface area contributed by atoms with Gasteiger partial charge in [-0.2, -0.15) is 0 Å². The van der Waals surface area contributed by atoms with Crippen molar-refractivity contribution in [2.24, 2.45) is 0 Å². The molecule has 8 heteroatoms. The second-order valence-corrected chi connectivity index (χ2v) is 5.02. The summed E-state index contributed by atoms with van der Waals surface area (Å²) in [6, 6.07) is 1.91. The normalized spacial score (nSPS) is 10.8. The minimum Gasteiger partial charge on any atom is -0.297 e. The highest BCUT2D eigenvalue weighted by Crippen LogP contribution is 2.21. The van der Waals surface area contributed by atoms with Crippen LogP contribution in [0.4, 0.5) is 8.78 Å². The third kappa shape index (κ3) is 2.35. The molecule has 4 nitrogen and oxygen atoms in total. The van der Waals surface area contributed by atoms with Gasteiger partial charge in [0, 0.05) is 4.47 Å². The maximum Gasteiger partial charge on any atom is 0.334 e. The standard InChI is InChI=1S/C11H6BrClF2N2O2/c1-4-9(13)16-11(19)17(10(4)18)8-6(14)2-5(12)3-7(8)15/h2-3H,1H3,(H,16,19). The molecule has 0 saturated heterocycles. The monoisotopic (exact) mass is 350 g/mol. The van der Waals surface area contributed by atoms with Crippen LogP contribution in [0, 0.1) is 18.6 Å². The van der Waals surface area contributed by atoms with Gasteiger partial charge in [-0.3, -0.25) is 9.78 Å². The zero-order valence-electron chi connectivity index (χ0n) is 9.43. The predicted octanol–water partition coefficient (Wildman–Crippen LogP) is 2.53. The molecule has 0 fully saturated rings. The highest BCUT2D eigenvalue weighted by molar-refractivity contribution is 9.10. The summed E-state index contributed by atoms with van der Waals surface area (Å²) in [7, 11) is 0. The number of hydrogen-bond donors (Lipinski definition) is 1. The van der Waals surface area contributed by atoms with E-state index in [1.807, 2.05) is 0 Å². The fourth-order valence-corrected chi connectivity index (χ4v) is 2.11. The van der Waals surface area contributed by atoms with E-state index >= 15 is 0 Å². The van der Waals surface area contributed by atoms with Gasteiger partial charge in [-0.15, -0.1) is 0 Å². The lowest BCUT2D eigenvalue weighted by Gasteiger charge is -2.09. The maximum absolute atomic E-state index is 13.8. The van der Waals surface area contributed by atoms with Crippen molar-refractivity contribution in [2.75, 3.05) is 0 Å². The number of rotatable bonds is 1. The largest absolute Gasteiger partial charge is 0.334 e. The first kappa shape index (κ1) is 14.0. The van der Waals surface area contributed by atoms with Crippen LogP contribution < -0.4 is 11.2 Å². The Morgan fingerprint density at radius 1 is 1.26 bits per heavy atom. The lowest BCUT2D eigenvalue weighted by Crippen LogP contribution is -2.36. The molecule has 0 aliphatic carbocycles. The minimum absolute atomic E-state index is 0.0111. The van der Waals surface area contributed by atoms with Crippen LogP contribution in [0.15, 0.2) is 26.2 Å². The van der Waals surface area contributed by atoms with Gasteiger partial charge in [0.15, 0.2) is 11.6 Å². The molecule has 0 atom stereocenters. The van der Waals surface area contributed by atoms with E-state index in [4.69, 9.17) is 11.6 Å². The summed E-state index contributed by atoms with van der Waals surface area (Å²) in [6.45, 7) is 1.34. The van der Waals surface area contributed by atoms with Crippen LogP contribution in [0.25, 0.3) is 5.69 Å². The van der Waals surface area contributed by atoms with Crippen molar-refractivity contribution < 1.29 is 8.78 Å². The third-order valence-electron chi connectivity index (χ3n) is 2.48. The zero-order chi connectivity index (χ0) is 14.3. The van der Waals surface area contributed by atoms with Gasteiger partial charge in [0.2, 0.25) is 0 Å². The maximum atomic E-state index is 13.8. The number of benzene rings is 1. The first-order valence-corrected chi connectivity index (χ1v) is 6.16. The van der Waals surface area contributed by atoms with Gasteiger partial charge in [-0.05, 0) is 19.1 Å². The van der Waals surface area contributed by atoms with E-state index in [0.717, 1.165) is 12.1 Å². The summed E-state index contributed by atoms with van der Waals surface area (Å²) in [6.07, 6.45) is 0. The number of nitrogens with zero attached hydrogens (tertiary/aromatic N) is 1. The molecule has 0 spiro atoms. The van der Waals surface area contributed by atoms with Gasteiger partial charge >= 0.3 is 5.69 Å². The van der Waals surface area contributed by atoms with Crippen LogP contribution >= 0.6 is 27.5 Å². The summed E-state index contributed by atoms with van der Waals surface area (Å²) >= 11 is 8.53. The van der Waals surface area contributed by atoms with Gasteiger partial charge < -0.3 is 0 Å². The van der Waals surface area contributed by atoms with E-state index in [1.165, 1.54) is 6.92 Å². The summed E-state index contributed by atoms with van der Waals surface area (Å²) in [4.78, 5) is 25.7. The van der Waals surface area contributed by atoms with Crippen molar-refractivity contribution in [3.63, 3.8) is 0 Å². The van der Waals surface area contributed by atoms with Gasteiger partial charge in [0.1, 0.15) is 10.8 Å². The van der Waals surface area contributed by atoms with E-state index in [1.54, 1.807) is 0 Å². The fourth-order valence-electron chi connectivity index (χ4n) is 1.55. The molecule has 2 rings (SSSR count). The zero-order valence-corrected chi connectivity index (χ0v) is 11.8. The average molecular weight is 352 g/mol. The molecule has 19 heavy (non-hydrogen) atoms. The van der Waals surface area contributed by atoms with Crippen LogP contribution in [-0.2, 0) is 0 Å². The highest BCUT2D eigenvalue weighted by atomic mass is 79.9. The SMILES string of the molecule is Cc1c(Cl)[nH]c(=O)n(-c2c(F)cc(Br)cc2F)c1=O. The van der Waals surface area contributed by atoms with Crippen LogP contribution in [0.2, 0.25) is 5.15 Å². The Hall–Kier alpha value is -1.47. The summed E-state index contributed by atoms with van der Waals surface area (Å²) < 4.78 is 28.1. The quantitative estimate of drug-likeness (QED) is 0.803. The van der Waals surface area contributed by atoms with Gasteiger partial charge in [-0.1, -0.05) is 27.5 Å². The number of H-pyrrole nitrogens is 1. The molecule has 0 unspecified atom stereocenters. The molecule has 0 bridgehead atoms. The van der Waals surface area contributed by atoms with E-state index in [-0.39, 0.29) is 15.2 Å². The first-order chi connectivity index (χ1) is 8.82. The molecular weight excluding hydrogens is 345 g/mol. The Bertz CT molecular complexity index is 762. The third-order valence-corrected chi connectivity index (χ3v) is 3.31. The second-order valence-electron chi connectivity index (χ2n) is 3.73. The van der Waals surface area contributed by atoms with Crippen molar-refractivity contribution in [2.45, 2.75) is 6.92 Å². The van der Waals surface area contributed by atoms with Crippen molar-refractivity contribution in [1.82, 2.24) is 9.55 Å². The smallest absolute Gasteiger partial charge is 0.297 e. The molecule has 100 valence electrons. The molecule has 0 aliphatic rings. The summed E-state index contributed by atoms with van der Waals surface area (Å²) in [5.41, 5.74) is -2.65. The van der Waals surface area contributed by atoms with Crippen molar-refractivity contribution in [3.8, 4) is 5.69 Å². The van der Waals surface area contributed by atoms with Gasteiger partial charge in [0.25, 0.3) is 5.56 Å². The lowest BCUT2D eigenvalue weighted by atomic mass is 10.2. The topological polar surface area (TPSA) is 54.9 Å². The molecule has 0 amide bonds. The predicted molar refractivity (Wildman–Crippen MR) is 70.0 cm³/mol. The van der Waals surface area contributed by atoms with Crippen molar-refractivity contribution >= 4 is 27.5 Å². The second kappa shape index (κ2) is 4.90.